The molecule has 58 heavy (non-hydrogen) atoms. The molecule has 1 nitrogen and oxygen atoms in total. The summed E-state index contributed by atoms with van der Waals surface area (Å²) in [6.07, 6.45) is 16.1. The van der Waals surface area contributed by atoms with Gasteiger partial charge in [0.25, 0.3) is 0 Å². The highest BCUT2D eigenvalue weighted by atomic mass is 15.1. The van der Waals surface area contributed by atoms with E-state index in [9.17, 15) is 0 Å². The first kappa shape index (κ1) is 34.1. The van der Waals surface area contributed by atoms with Crippen LogP contribution >= 0.6 is 0 Å². The third kappa shape index (κ3) is 5.08. The summed E-state index contributed by atoms with van der Waals surface area (Å²) in [5.74, 6) is 4.10. The normalized spacial score (nSPS) is 25.9. The van der Waals surface area contributed by atoms with Crippen LogP contribution in [0.1, 0.15) is 61.6 Å². The van der Waals surface area contributed by atoms with Crippen LogP contribution in [-0.2, 0) is 5.41 Å². The minimum atomic E-state index is 0.0988. The zero-order chi connectivity index (χ0) is 38.4. The van der Waals surface area contributed by atoms with E-state index >= 15 is 0 Å². The Hall–Kier alpha value is -5.92. The van der Waals surface area contributed by atoms with E-state index in [4.69, 9.17) is 0 Å². The van der Waals surface area contributed by atoms with Crippen molar-refractivity contribution in [3.05, 3.63) is 199 Å². The van der Waals surface area contributed by atoms with Gasteiger partial charge in [-0.2, -0.15) is 0 Å². The summed E-state index contributed by atoms with van der Waals surface area (Å²) in [5.41, 5.74) is 16.2. The Kier molecular flexibility index (Phi) is 7.84. The van der Waals surface area contributed by atoms with Gasteiger partial charge in [0.05, 0.1) is 5.69 Å². The van der Waals surface area contributed by atoms with Crippen LogP contribution in [0.4, 0.5) is 17.1 Å². The molecule has 6 aliphatic rings. The van der Waals surface area contributed by atoms with Crippen molar-refractivity contribution >= 4 is 27.8 Å². The fourth-order valence-corrected chi connectivity index (χ4v) is 13.0. The third-order valence-electron chi connectivity index (χ3n) is 15.2. The topological polar surface area (TPSA) is 3.24 Å². The quantitative estimate of drug-likeness (QED) is 0.164. The number of allylic oxidation sites excluding steroid dienone is 4. The van der Waals surface area contributed by atoms with Crippen molar-refractivity contribution in [1.29, 1.82) is 0 Å². The summed E-state index contributed by atoms with van der Waals surface area (Å²) in [4.78, 5) is 2.58. The molecule has 1 heteroatoms. The standard InChI is InChI=1S/C57H49N/c1-37-13-5-6-18-47(37)41-25-27-45(28-26-41)58(55-24-10-8-20-51(55)52-22-12-17-42-16-11-21-48(56(42)52)40-14-3-2-4-15-40)46-29-30-50-49-19-7-9-23-53(49)57(54(50)36-46)43-32-38-31-39(34-43)35-44(57)33-38/h2-30,36-39,43-44,47H,31-35H2,1H3. The van der Waals surface area contributed by atoms with Crippen molar-refractivity contribution in [1.82, 2.24) is 0 Å². The number of nitrogens with zero attached hydrogens (tertiary/aromatic N) is 1. The van der Waals surface area contributed by atoms with Crippen molar-refractivity contribution in [3.8, 4) is 33.4 Å². The van der Waals surface area contributed by atoms with Crippen LogP contribution in [0.25, 0.3) is 44.2 Å². The van der Waals surface area contributed by atoms with Crippen LogP contribution in [0.15, 0.2) is 182 Å². The molecule has 13 rings (SSSR count). The van der Waals surface area contributed by atoms with Crippen molar-refractivity contribution in [3.63, 3.8) is 0 Å². The molecule has 2 atom stereocenters. The molecule has 0 saturated heterocycles. The van der Waals surface area contributed by atoms with Gasteiger partial charge in [0, 0.05) is 28.3 Å². The first-order valence-electron chi connectivity index (χ1n) is 21.8. The molecule has 0 aromatic heterocycles. The highest BCUT2D eigenvalue weighted by Crippen LogP contribution is 2.69. The molecule has 0 heterocycles. The van der Waals surface area contributed by atoms with Crippen molar-refractivity contribution in [2.45, 2.75) is 50.4 Å². The molecule has 1 spiro atoms. The number of benzene rings is 7. The zero-order valence-electron chi connectivity index (χ0n) is 33.3. The molecular formula is C57H49N. The van der Waals surface area contributed by atoms with Gasteiger partial charge in [-0.05, 0) is 147 Å². The fourth-order valence-electron chi connectivity index (χ4n) is 13.0. The molecule has 6 aliphatic carbocycles. The molecular weight excluding hydrogens is 699 g/mol. The summed E-state index contributed by atoms with van der Waals surface area (Å²) < 4.78 is 0. The maximum atomic E-state index is 2.65. The molecule has 0 aliphatic heterocycles. The minimum absolute atomic E-state index is 0.0988. The average molecular weight is 748 g/mol. The Balaban J connectivity index is 1.08. The summed E-state index contributed by atoms with van der Waals surface area (Å²) >= 11 is 0. The molecule has 0 N–H and O–H groups in total. The SMILES string of the molecule is CC1C=CC=CC1c1ccc(N(c2ccc3c(c2)C2(c4ccccc4-3)C3CC4CC(C3)CC2C4)c2ccccc2-c2cccc3cccc(-c4ccccc4)c23)cc1. The minimum Gasteiger partial charge on any atom is -0.310 e. The van der Waals surface area contributed by atoms with Crippen molar-refractivity contribution in [2.75, 3.05) is 4.90 Å². The monoisotopic (exact) mass is 747 g/mol. The fraction of sp³-hybridized carbons (Fsp3) is 0.228. The van der Waals surface area contributed by atoms with E-state index in [-0.39, 0.29) is 5.41 Å². The highest BCUT2D eigenvalue weighted by molar-refractivity contribution is 6.08. The van der Waals surface area contributed by atoms with Crippen LogP contribution < -0.4 is 4.90 Å². The number of rotatable bonds is 6. The Labute approximate surface area is 343 Å². The van der Waals surface area contributed by atoms with Gasteiger partial charge in [0.2, 0.25) is 0 Å². The number of para-hydroxylation sites is 1. The Morgan fingerprint density at radius 2 is 1.10 bits per heavy atom. The van der Waals surface area contributed by atoms with Crippen LogP contribution in [0.2, 0.25) is 0 Å². The molecule has 7 aromatic carbocycles. The molecule has 0 amide bonds. The van der Waals surface area contributed by atoms with E-state index in [1.54, 1.807) is 11.1 Å². The van der Waals surface area contributed by atoms with Crippen LogP contribution in [0.3, 0.4) is 0 Å². The second kappa shape index (κ2) is 13.3. The van der Waals surface area contributed by atoms with E-state index in [1.165, 1.54) is 98.9 Å². The maximum Gasteiger partial charge on any atom is 0.0540 e. The molecule has 7 aromatic rings. The predicted octanol–water partition coefficient (Wildman–Crippen LogP) is 15.2. The number of fused-ring (bicyclic) bond motifs is 4. The first-order valence-corrected chi connectivity index (χ1v) is 21.8. The van der Waals surface area contributed by atoms with Crippen LogP contribution in [0.5, 0.6) is 0 Å². The van der Waals surface area contributed by atoms with Crippen molar-refractivity contribution in [2.24, 2.45) is 29.6 Å². The van der Waals surface area contributed by atoms with Gasteiger partial charge in [-0.3, -0.25) is 0 Å². The summed E-state index contributed by atoms with van der Waals surface area (Å²) in [6.45, 7) is 2.33. The second-order valence-electron chi connectivity index (χ2n) is 18.1. The highest BCUT2D eigenvalue weighted by Gasteiger charge is 2.61. The molecule has 4 saturated carbocycles. The number of hydrogen-bond donors (Lipinski definition) is 0. The Morgan fingerprint density at radius 3 is 1.86 bits per heavy atom. The summed E-state index contributed by atoms with van der Waals surface area (Å²) in [7, 11) is 0. The molecule has 4 bridgehead atoms. The van der Waals surface area contributed by atoms with E-state index in [0.717, 1.165) is 11.8 Å². The van der Waals surface area contributed by atoms with Gasteiger partial charge in [0.15, 0.2) is 0 Å². The summed E-state index contributed by atoms with van der Waals surface area (Å²) in [5, 5.41) is 2.55. The molecule has 4 fully saturated rings. The molecule has 0 radical (unpaired) electrons. The average Bonchev–Trinajstić information content (AvgIpc) is 3.56. The third-order valence-corrected chi connectivity index (χ3v) is 15.2. The van der Waals surface area contributed by atoms with E-state index < -0.39 is 0 Å². The van der Waals surface area contributed by atoms with Gasteiger partial charge >= 0.3 is 0 Å². The maximum absolute atomic E-state index is 2.65. The van der Waals surface area contributed by atoms with E-state index in [0.29, 0.717) is 23.7 Å². The van der Waals surface area contributed by atoms with E-state index in [2.05, 4.69) is 194 Å². The lowest BCUT2D eigenvalue weighted by molar-refractivity contribution is -0.0399. The van der Waals surface area contributed by atoms with Crippen LogP contribution in [-0.4, -0.2) is 0 Å². The van der Waals surface area contributed by atoms with E-state index in [1.807, 2.05) is 0 Å². The van der Waals surface area contributed by atoms with Gasteiger partial charge < -0.3 is 4.90 Å². The molecule has 2 unspecified atom stereocenters. The number of anilines is 3. The lowest BCUT2D eigenvalue weighted by Gasteiger charge is -2.61. The van der Waals surface area contributed by atoms with Gasteiger partial charge in [-0.15, -0.1) is 0 Å². The second-order valence-corrected chi connectivity index (χ2v) is 18.1. The zero-order valence-corrected chi connectivity index (χ0v) is 33.3. The largest absolute Gasteiger partial charge is 0.310 e. The van der Waals surface area contributed by atoms with Crippen molar-refractivity contribution < 1.29 is 0 Å². The van der Waals surface area contributed by atoms with Crippen LogP contribution in [0, 0.1) is 29.6 Å². The van der Waals surface area contributed by atoms with Gasteiger partial charge in [0.1, 0.15) is 0 Å². The number of hydrogen-bond acceptors (Lipinski definition) is 1. The van der Waals surface area contributed by atoms with Gasteiger partial charge in [-0.25, -0.2) is 0 Å². The first-order chi connectivity index (χ1) is 28.6. The van der Waals surface area contributed by atoms with Gasteiger partial charge in [-0.1, -0.05) is 159 Å². The Morgan fingerprint density at radius 1 is 0.483 bits per heavy atom. The lowest BCUT2D eigenvalue weighted by atomic mass is 9.43. The Bertz CT molecular complexity index is 2730. The summed E-state index contributed by atoms with van der Waals surface area (Å²) in [6, 6.07) is 60.2. The lowest BCUT2D eigenvalue weighted by Crippen LogP contribution is -2.55. The smallest absolute Gasteiger partial charge is 0.0540 e. The predicted molar refractivity (Wildman–Crippen MR) is 243 cm³/mol. The molecule has 282 valence electrons.